The molecule has 0 saturated carbocycles. The average Bonchev–Trinajstić information content (AvgIpc) is 3.09. The predicted octanol–water partition coefficient (Wildman–Crippen LogP) is 4.40. The van der Waals surface area contributed by atoms with Gasteiger partial charge in [-0.3, -0.25) is 14.9 Å². The summed E-state index contributed by atoms with van der Waals surface area (Å²) < 4.78 is 5.59. The van der Waals surface area contributed by atoms with Gasteiger partial charge in [-0.2, -0.15) is 0 Å². The zero-order chi connectivity index (χ0) is 20.1. The highest BCUT2D eigenvalue weighted by Crippen LogP contribution is 2.26. The van der Waals surface area contributed by atoms with Crippen molar-refractivity contribution in [2.45, 2.75) is 20.8 Å². The average molecular weight is 395 g/mol. The molecular weight excluding hydrogens is 374 g/mol. The van der Waals surface area contributed by atoms with Gasteiger partial charge in [-0.1, -0.05) is 29.8 Å². The monoisotopic (exact) mass is 395 g/mol. The molecule has 0 bridgehead atoms. The number of rotatable bonds is 6. The van der Waals surface area contributed by atoms with Crippen molar-refractivity contribution < 1.29 is 14.3 Å². The Kier molecular flexibility index (Phi) is 6.06. The van der Waals surface area contributed by atoms with Crippen LogP contribution in [0.3, 0.4) is 0 Å². The topological polar surface area (TPSA) is 80.3 Å². The van der Waals surface area contributed by atoms with E-state index < -0.39 is 0 Å². The van der Waals surface area contributed by atoms with Crippen molar-refractivity contribution in [3.05, 3.63) is 59.0 Å². The lowest BCUT2D eigenvalue weighted by atomic mass is 10.1. The highest BCUT2D eigenvalue weighted by Gasteiger charge is 2.10. The van der Waals surface area contributed by atoms with Crippen LogP contribution in [0, 0.1) is 13.8 Å². The van der Waals surface area contributed by atoms with Crippen molar-refractivity contribution in [3.63, 3.8) is 0 Å². The van der Waals surface area contributed by atoms with E-state index in [0.29, 0.717) is 10.9 Å². The molecule has 0 spiro atoms. The number of nitrogens with zero attached hydrogens (tertiary/aromatic N) is 1. The first-order chi connectivity index (χ1) is 13.4. The molecule has 2 aromatic carbocycles. The number of nitrogens with one attached hydrogen (secondary N) is 2. The summed E-state index contributed by atoms with van der Waals surface area (Å²) >= 11 is 1.35. The molecule has 144 valence electrons. The number of carbonyl (C=O) groups excluding carboxylic acids is 2. The molecule has 0 aliphatic carbocycles. The molecule has 3 rings (SSSR count). The molecule has 2 N–H and O–H groups in total. The number of carbonyl (C=O) groups is 2. The Morgan fingerprint density at radius 2 is 1.82 bits per heavy atom. The van der Waals surface area contributed by atoms with E-state index in [-0.39, 0.29) is 18.4 Å². The molecule has 0 aliphatic rings. The second-order valence-corrected chi connectivity index (χ2v) is 7.26. The van der Waals surface area contributed by atoms with Gasteiger partial charge in [0.05, 0.1) is 5.69 Å². The van der Waals surface area contributed by atoms with Gasteiger partial charge in [-0.15, -0.1) is 11.3 Å². The van der Waals surface area contributed by atoms with E-state index in [9.17, 15) is 9.59 Å². The predicted molar refractivity (Wildman–Crippen MR) is 112 cm³/mol. The fourth-order valence-electron chi connectivity index (χ4n) is 2.65. The van der Waals surface area contributed by atoms with Gasteiger partial charge in [0.2, 0.25) is 5.91 Å². The molecule has 0 unspecified atom stereocenters. The van der Waals surface area contributed by atoms with Crippen molar-refractivity contribution in [1.82, 2.24) is 4.98 Å². The van der Waals surface area contributed by atoms with Gasteiger partial charge < -0.3 is 10.1 Å². The maximum Gasteiger partial charge on any atom is 0.264 e. The normalized spacial score (nSPS) is 10.4. The zero-order valence-corrected chi connectivity index (χ0v) is 16.7. The molecule has 0 radical (unpaired) electrons. The Labute approximate surface area is 167 Å². The number of anilines is 2. The summed E-state index contributed by atoms with van der Waals surface area (Å²) in [5.41, 5.74) is 4.52. The maximum absolute atomic E-state index is 12.1. The molecule has 0 aliphatic heterocycles. The first-order valence-electron chi connectivity index (χ1n) is 8.74. The van der Waals surface area contributed by atoms with Crippen molar-refractivity contribution in [3.8, 4) is 17.0 Å². The van der Waals surface area contributed by atoms with Gasteiger partial charge in [-0.05, 0) is 37.6 Å². The van der Waals surface area contributed by atoms with Gasteiger partial charge in [0.1, 0.15) is 5.75 Å². The second-order valence-electron chi connectivity index (χ2n) is 6.40. The first kappa shape index (κ1) is 19.6. The summed E-state index contributed by atoms with van der Waals surface area (Å²) in [6, 6.07) is 13.2. The minimum Gasteiger partial charge on any atom is -0.483 e. The largest absolute Gasteiger partial charge is 0.483 e. The fourth-order valence-corrected chi connectivity index (χ4v) is 3.39. The van der Waals surface area contributed by atoms with Crippen molar-refractivity contribution in [2.75, 3.05) is 17.2 Å². The number of hydrogen-bond donors (Lipinski definition) is 2. The minimum atomic E-state index is -0.262. The quantitative estimate of drug-likeness (QED) is 0.648. The molecule has 1 aromatic heterocycles. The SMILES string of the molecule is CC(=O)Nc1ccc(-c2csc(NC(=O)COc3ccc(C)cc3C)n2)cc1. The lowest BCUT2D eigenvalue weighted by molar-refractivity contribution is -0.118. The third-order valence-electron chi connectivity index (χ3n) is 3.94. The number of ether oxygens (including phenoxy) is 1. The summed E-state index contributed by atoms with van der Waals surface area (Å²) in [6.07, 6.45) is 0. The number of thiazole rings is 1. The summed E-state index contributed by atoms with van der Waals surface area (Å²) in [5, 5.41) is 7.86. The number of aromatic nitrogens is 1. The van der Waals surface area contributed by atoms with Crippen LogP contribution in [0.4, 0.5) is 10.8 Å². The van der Waals surface area contributed by atoms with Crippen LogP contribution in [0.15, 0.2) is 47.8 Å². The van der Waals surface area contributed by atoms with Crippen molar-refractivity contribution in [2.24, 2.45) is 0 Å². The van der Waals surface area contributed by atoms with E-state index in [2.05, 4.69) is 15.6 Å². The molecular formula is C21H21N3O3S. The molecule has 7 heteroatoms. The van der Waals surface area contributed by atoms with Gasteiger partial charge in [-0.25, -0.2) is 4.98 Å². The number of aryl methyl sites for hydroxylation is 2. The van der Waals surface area contributed by atoms with Crippen LogP contribution < -0.4 is 15.4 Å². The van der Waals surface area contributed by atoms with Crippen LogP contribution >= 0.6 is 11.3 Å². The fraction of sp³-hybridized carbons (Fsp3) is 0.190. The maximum atomic E-state index is 12.1. The van der Waals surface area contributed by atoms with Crippen molar-refractivity contribution >= 4 is 34.0 Å². The molecule has 2 amide bonds. The Balaban J connectivity index is 1.57. The van der Waals surface area contributed by atoms with Crippen LogP contribution in [0.1, 0.15) is 18.1 Å². The number of benzene rings is 2. The Morgan fingerprint density at radius 3 is 2.50 bits per heavy atom. The van der Waals surface area contributed by atoms with Gasteiger partial charge in [0.25, 0.3) is 5.91 Å². The lowest BCUT2D eigenvalue weighted by Crippen LogP contribution is -2.20. The molecule has 28 heavy (non-hydrogen) atoms. The number of amides is 2. The van der Waals surface area contributed by atoms with E-state index in [1.807, 2.05) is 61.7 Å². The molecule has 3 aromatic rings. The highest BCUT2D eigenvalue weighted by atomic mass is 32.1. The summed E-state index contributed by atoms with van der Waals surface area (Å²) in [5.74, 6) is 0.316. The van der Waals surface area contributed by atoms with Gasteiger partial charge in [0.15, 0.2) is 11.7 Å². The van der Waals surface area contributed by atoms with Crippen LogP contribution in [0.25, 0.3) is 11.3 Å². The Morgan fingerprint density at radius 1 is 1.07 bits per heavy atom. The van der Waals surface area contributed by atoms with E-state index in [0.717, 1.165) is 28.1 Å². The van der Waals surface area contributed by atoms with Gasteiger partial charge in [0, 0.05) is 23.6 Å². The zero-order valence-electron chi connectivity index (χ0n) is 15.9. The van der Waals surface area contributed by atoms with Crippen LogP contribution in [0.5, 0.6) is 5.75 Å². The second kappa shape index (κ2) is 8.67. The van der Waals surface area contributed by atoms with Gasteiger partial charge >= 0.3 is 0 Å². The third-order valence-corrected chi connectivity index (χ3v) is 4.70. The summed E-state index contributed by atoms with van der Waals surface area (Å²) in [6.45, 7) is 5.35. The van der Waals surface area contributed by atoms with Crippen molar-refractivity contribution in [1.29, 1.82) is 0 Å². The van der Waals surface area contributed by atoms with Crippen LogP contribution in [-0.4, -0.2) is 23.4 Å². The molecule has 1 heterocycles. The Bertz CT molecular complexity index is 996. The highest BCUT2D eigenvalue weighted by molar-refractivity contribution is 7.14. The van der Waals surface area contributed by atoms with E-state index in [4.69, 9.17) is 4.74 Å². The van der Waals surface area contributed by atoms with Crippen LogP contribution in [-0.2, 0) is 9.59 Å². The van der Waals surface area contributed by atoms with E-state index in [1.54, 1.807) is 0 Å². The molecule has 0 atom stereocenters. The molecule has 0 saturated heterocycles. The van der Waals surface area contributed by atoms with E-state index in [1.165, 1.54) is 18.3 Å². The molecule has 6 nitrogen and oxygen atoms in total. The third kappa shape index (κ3) is 5.17. The number of hydrogen-bond acceptors (Lipinski definition) is 5. The Hall–Kier alpha value is -3.19. The standard InChI is InChI=1S/C21H21N3O3S/c1-13-4-9-19(14(2)10-13)27-11-20(26)24-21-23-18(12-28-21)16-5-7-17(8-6-16)22-15(3)25/h4-10,12H,11H2,1-3H3,(H,22,25)(H,23,24,26). The first-order valence-corrected chi connectivity index (χ1v) is 9.62. The lowest BCUT2D eigenvalue weighted by Gasteiger charge is -2.09. The summed E-state index contributed by atoms with van der Waals surface area (Å²) in [7, 11) is 0. The summed E-state index contributed by atoms with van der Waals surface area (Å²) in [4.78, 5) is 27.7. The van der Waals surface area contributed by atoms with E-state index >= 15 is 0 Å². The minimum absolute atomic E-state index is 0.0791. The van der Waals surface area contributed by atoms with Crippen LogP contribution in [0.2, 0.25) is 0 Å². The smallest absolute Gasteiger partial charge is 0.264 e. The molecule has 0 fully saturated rings.